The van der Waals surface area contributed by atoms with Gasteiger partial charge in [0.1, 0.15) is 11.6 Å². The number of ether oxygens (including phenoxy) is 1. The molecule has 0 bridgehead atoms. The number of anilines is 2. The van der Waals surface area contributed by atoms with Crippen LogP contribution in [-0.2, 0) is 4.74 Å². The molecule has 0 spiro atoms. The number of hydrogen-bond acceptors (Lipinski definition) is 4. The molecule has 0 amide bonds. The summed E-state index contributed by atoms with van der Waals surface area (Å²) in [7, 11) is 0. The number of nitrogens with zero attached hydrogens (tertiary/aromatic N) is 2. The van der Waals surface area contributed by atoms with Gasteiger partial charge in [0.2, 0.25) is 0 Å². The third kappa shape index (κ3) is 1.99. The molecule has 0 aliphatic carbocycles. The van der Waals surface area contributed by atoms with Crippen molar-refractivity contribution in [2.45, 2.75) is 0 Å². The van der Waals surface area contributed by atoms with Crippen molar-refractivity contribution >= 4 is 27.6 Å². The van der Waals surface area contributed by atoms with Crippen molar-refractivity contribution in [2.75, 3.05) is 36.9 Å². The number of nitrogen functional groups attached to an aromatic ring is 1. The molecule has 2 heterocycles. The Balaban J connectivity index is 2.24. The lowest BCUT2D eigenvalue weighted by Gasteiger charge is -2.28. The first-order valence-corrected chi connectivity index (χ1v) is 5.31. The molecule has 76 valence electrons. The third-order valence-corrected chi connectivity index (χ3v) is 2.78. The first-order valence-electron chi connectivity index (χ1n) is 4.52. The lowest BCUT2D eigenvalue weighted by Crippen LogP contribution is -2.37. The van der Waals surface area contributed by atoms with Crippen molar-refractivity contribution in [3.63, 3.8) is 0 Å². The van der Waals surface area contributed by atoms with Crippen molar-refractivity contribution in [1.29, 1.82) is 0 Å². The molecule has 5 heteroatoms. The molecule has 1 aromatic rings. The number of hydrogen-bond donors (Lipinski definition) is 1. The summed E-state index contributed by atoms with van der Waals surface area (Å²) in [6.45, 7) is 3.25. The first kappa shape index (κ1) is 9.73. The van der Waals surface area contributed by atoms with Gasteiger partial charge in [0.05, 0.1) is 17.7 Å². The van der Waals surface area contributed by atoms with Crippen LogP contribution in [0.15, 0.2) is 16.6 Å². The van der Waals surface area contributed by atoms with E-state index < -0.39 is 0 Å². The third-order valence-electron chi connectivity index (χ3n) is 2.16. The fraction of sp³-hybridized carbons (Fsp3) is 0.444. The van der Waals surface area contributed by atoms with Crippen LogP contribution in [0.4, 0.5) is 11.6 Å². The van der Waals surface area contributed by atoms with Gasteiger partial charge in [-0.25, -0.2) is 4.98 Å². The summed E-state index contributed by atoms with van der Waals surface area (Å²) >= 11 is 3.47. The highest BCUT2D eigenvalue weighted by molar-refractivity contribution is 9.10. The second-order valence-electron chi connectivity index (χ2n) is 3.14. The molecule has 1 saturated heterocycles. The average Bonchev–Trinajstić information content (AvgIpc) is 2.23. The Morgan fingerprint density at radius 1 is 1.36 bits per heavy atom. The van der Waals surface area contributed by atoms with Gasteiger partial charge in [0.15, 0.2) is 0 Å². The van der Waals surface area contributed by atoms with E-state index in [1.165, 1.54) is 0 Å². The standard InChI is InChI=1S/C9H12BrN3O/c10-7-1-2-8(11)12-9(7)13-3-5-14-6-4-13/h1-2H,3-6H2,(H2,11,12). The topological polar surface area (TPSA) is 51.4 Å². The van der Waals surface area contributed by atoms with Crippen LogP contribution in [0.5, 0.6) is 0 Å². The molecule has 1 aromatic heterocycles. The predicted octanol–water partition coefficient (Wildman–Crippen LogP) is 1.26. The molecule has 2 rings (SSSR count). The number of halogens is 1. The smallest absolute Gasteiger partial charge is 0.145 e. The van der Waals surface area contributed by atoms with Gasteiger partial charge in [0.25, 0.3) is 0 Å². The fourth-order valence-electron chi connectivity index (χ4n) is 1.44. The Labute approximate surface area is 91.2 Å². The molecule has 1 fully saturated rings. The lowest BCUT2D eigenvalue weighted by molar-refractivity contribution is 0.122. The summed E-state index contributed by atoms with van der Waals surface area (Å²) in [5.74, 6) is 1.46. The van der Waals surface area contributed by atoms with Crippen LogP contribution in [0.2, 0.25) is 0 Å². The number of pyridine rings is 1. The van der Waals surface area contributed by atoms with E-state index in [2.05, 4.69) is 25.8 Å². The van der Waals surface area contributed by atoms with Crippen molar-refractivity contribution in [2.24, 2.45) is 0 Å². The molecule has 0 atom stereocenters. The van der Waals surface area contributed by atoms with E-state index in [0.717, 1.165) is 36.6 Å². The summed E-state index contributed by atoms with van der Waals surface area (Å²) in [4.78, 5) is 6.47. The second-order valence-corrected chi connectivity index (χ2v) is 4.00. The Morgan fingerprint density at radius 3 is 2.79 bits per heavy atom. The van der Waals surface area contributed by atoms with E-state index in [-0.39, 0.29) is 0 Å². The Bertz CT molecular complexity index is 326. The first-order chi connectivity index (χ1) is 6.77. The quantitative estimate of drug-likeness (QED) is 0.824. The van der Waals surface area contributed by atoms with Gasteiger partial charge in [-0.1, -0.05) is 0 Å². The van der Waals surface area contributed by atoms with E-state index in [4.69, 9.17) is 10.5 Å². The van der Waals surface area contributed by atoms with Crippen LogP contribution in [0.3, 0.4) is 0 Å². The maximum Gasteiger partial charge on any atom is 0.145 e. The Hall–Kier alpha value is -0.810. The minimum absolute atomic E-state index is 0.551. The second kappa shape index (κ2) is 4.14. The van der Waals surface area contributed by atoms with Crippen LogP contribution >= 0.6 is 15.9 Å². The maximum absolute atomic E-state index is 5.64. The van der Waals surface area contributed by atoms with Gasteiger partial charge in [-0.05, 0) is 28.1 Å². The van der Waals surface area contributed by atoms with Crippen molar-refractivity contribution in [3.8, 4) is 0 Å². The maximum atomic E-state index is 5.64. The van der Waals surface area contributed by atoms with Gasteiger partial charge in [0, 0.05) is 13.1 Å². The van der Waals surface area contributed by atoms with Crippen LogP contribution in [-0.4, -0.2) is 31.3 Å². The molecular formula is C9H12BrN3O. The highest BCUT2D eigenvalue weighted by Crippen LogP contribution is 2.25. The number of aromatic nitrogens is 1. The molecule has 0 radical (unpaired) electrons. The minimum atomic E-state index is 0.551. The lowest BCUT2D eigenvalue weighted by atomic mass is 10.3. The molecule has 0 saturated carbocycles. The normalized spacial score (nSPS) is 17.1. The number of rotatable bonds is 1. The van der Waals surface area contributed by atoms with E-state index in [9.17, 15) is 0 Å². The van der Waals surface area contributed by atoms with E-state index in [1.807, 2.05) is 6.07 Å². The van der Waals surface area contributed by atoms with Crippen LogP contribution < -0.4 is 10.6 Å². The largest absolute Gasteiger partial charge is 0.384 e. The van der Waals surface area contributed by atoms with Crippen LogP contribution in [0.25, 0.3) is 0 Å². The van der Waals surface area contributed by atoms with Gasteiger partial charge in [-0.15, -0.1) is 0 Å². The summed E-state index contributed by atoms with van der Waals surface area (Å²) in [5, 5.41) is 0. The molecule has 0 aromatic carbocycles. The highest BCUT2D eigenvalue weighted by Gasteiger charge is 2.15. The zero-order valence-corrected chi connectivity index (χ0v) is 9.33. The Morgan fingerprint density at radius 2 is 2.07 bits per heavy atom. The SMILES string of the molecule is Nc1ccc(Br)c(N2CCOCC2)n1. The molecule has 0 unspecified atom stereocenters. The molecular weight excluding hydrogens is 246 g/mol. The average molecular weight is 258 g/mol. The minimum Gasteiger partial charge on any atom is -0.384 e. The zero-order chi connectivity index (χ0) is 9.97. The monoisotopic (exact) mass is 257 g/mol. The molecule has 4 nitrogen and oxygen atoms in total. The van der Waals surface area contributed by atoms with Crippen LogP contribution in [0.1, 0.15) is 0 Å². The summed E-state index contributed by atoms with van der Waals surface area (Å²) in [6, 6.07) is 3.71. The highest BCUT2D eigenvalue weighted by atomic mass is 79.9. The van der Waals surface area contributed by atoms with E-state index in [1.54, 1.807) is 6.07 Å². The summed E-state index contributed by atoms with van der Waals surface area (Å²) in [6.07, 6.45) is 0. The van der Waals surface area contributed by atoms with Gasteiger partial charge >= 0.3 is 0 Å². The summed E-state index contributed by atoms with van der Waals surface area (Å²) in [5.41, 5.74) is 5.64. The zero-order valence-electron chi connectivity index (χ0n) is 7.74. The summed E-state index contributed by atoms with van der Waals surface area (Å²) < 4.78 is 6.26. The molecule has 2 N–H and O–H groups in total. The fourth-order valence-corrected chi connectivity index (χ4v) is 1.91. The Kier molecular flexibility index (Phi) is 2.88. The van der Waals surface area contributed by atoms with Crippen molar-refractivity contribution in [1.82, 2.24) is 4.98 Å². The molecule has 1 aliphatic heterocycles. The van der Waals surface area contributed by atoms with Crippen LogP contribution in [0, 0.1) is 0 Å². The molecule has 1 aliphatic rings. The van der Waals surface area contributed by atoms with Crippen molar-refractivity contribution in [3.05, 3.63) is 16.6 Å². The van der Waals surface area contributed by atoms with E-state index >= 15 is 0 Å². The number of morpholine rings is 1. The van der Waals surface area contributed by atoms with Gasteiger partial charge in [-0.3, -0.25) is 0 Å². The number of nitrogens with two attached hydrogens (primary N) is 1. The van der Waals surface area contributed by atoms with Crippen molar-refractivity contribution < 1.29 is 4.74 Å². The molecule has 14 heavy (non-hydrogen) atoms. The van der Waals surface area contributed by atoms with E-state index in [0.29, 0.717) is 5.82 Å². The predicted molar refractivity (Wildman–Crippen MR) is 59.4 cm³/mol. The van der Waals surface area contributed by atoms with Gasteiger partial charge in [-0.2, -0.15) is 0 Å². The van der Waals surface area contributed by atoms with Gasteiger partial charge < -0.3 is 15.4 Å².